The lowest BCUT2D eigenvalue weighted by Crippen LogP contribution is -2.47. The summed E-state index contributed by atoms with van der Waals surface area (Å²) >= 11 is 0. The van der Waals surface area contributed by atoms with Crippen LogP contribution >= 0.6 is 0 Å². The highest BCUT2D eigenvalue weighted by molar-refractivity contribution is 5.78. The Hall–Kier alpha value is -3.01. The molecule has 156 valence electrons. The molecule has 0 bridgehead atoms. The van der Waals surface area contributed by atoms with Crippen LogP contribution in [0.2, 0.25) is 0 Å². The highest BCUT2D eigenvalue weighted by Crippen LogP contribution is 2.38. The van der Waals surface area contributed by atoms with E-state index >= 15 is 0 Å². The predicted molar refractivity (Wildman–Crippen MR) is 108 cm³/mol. The number of ether oxygens (including phenoxy) is 2. The van der Waals surface area contributed by atoms with Gasteiger partial charge in [-0.15, -0.1) is 0 Å². The van der Waals surface area contributed by atoms with Crippen LogP contribution in [-0.4, -0.2) is 58.5 Å². The summed E-state index contributed by atoms with van der Waals surface area (Å²) in [5.41, 5.74) is 1.78. The summed E-state index contributed by atoms with van der Waals surface area (Å²) in [7, 11) is 0. The minimum absolute atomic E-state index is 0.0731. The van der Waals surface area contributed by atoms with E-state index in [1.165, 1.54) is 6.33 Å². The zero-order valence-electron chi connectivity index (χ0n) is 16.9. The zero-order chi connectivity index (χ0) is 21.0. The standard InChI is InChI=1S/C21H23N5O4/c1-12-9-22-17-8-14(4-6-25(12)17)29-10-16-21(3,28)18(27)20(30-16)26-7-5-15-13(2)23-11-24-19(15)26/h4-9,11,16,18,20,27-28H,10H2,1-3H3/t16-,18+,20-,21-/m1/s1. The molecule has 30 heavy (non-hydrogen) atoms. The fourth-order valence-electron chi connectivity index (χ4n) is 3.94. The van der Waals surface area contributed by atoms with Gasteiger partial charge in [-0.25, -0.2) is 15.0 Å². The Labute approximate surface area is 172 Å². The fraction of sp³-hybridized carbons (Fsp3) is 0.381. The molecule has 0 amide bonds. The van der Waals surface area contributed by atoms with Crippen LogP contribution in [-0.2, 0) is 4.74 Å². The van der Waals surface area contributed by atoms with Crippen LogP contribution in [0.4, 0.5) is 0 Å². The van der Waals surface area contributed by atoms with E-state index in [0.29, 0.717) is 11.4 Å². The molecule has 1 aliphatic heterocycles. The first-order valence-electron chi connectivity index (χ1n) is 9.77. The van der Waals surface area contributed by atoms with Crippen LogP contribution in [0, 0.1) is 13.8 Å². The van der Waals surface area contributed by atoms with E-state index in [-0.39, 0.29) is 6.61 Å². The number of hydrogen-bond acceptors (Lipinski definition) is 7. The van der Waals surface area contributed by atoms with Crippen molar-refractivity contribution < 1.29 is 19.7 Å². The van der Waals surface area contributed by atoms with Crippen LogP contribution in [0.15, 0.2) is 43.1 Å². The number of nitrogens with zero attached hydrogens (tertiary/aromatic N) is 5. The third kappa shape index (κ3) is 2.85. The van der Waals surface area contributed by atoms with E-state index in [2.05, 4.69) is 15.0 Å². The maximum Gasteiger partial charge on any atom is 0.164 e. The minimum Gasteiger partial charge on any atom is -0.491 e. The maximum atomic E-state index is 11.0. The largest absolute Gasteiger partial charge is 0.491 e. The molecular formula is C21H23N5O4. The number of aliphatic hydroxyl groups excluding tert-OH is 1. The van der Waals surface area contributed by atoms with Crippen molar-refractivity contribution in [1.82, 2.24) is 23.9 Å². The third-order valence-corrected chi connectivity index (χ3v) is 5.88. The topological polar surface area (TPSA) is 107 Å². The molecular weight excluding hydrogens is 386 g/mol. The Balaban J connectivity index is 1.38. The monoisotopic (exact) mass is 409 g/mol. The average Bonchev–Trinajstić information content (AvgIpc) is 3.37. The van der Waals surface area contributed by atoms with Crippen molar-refractivity contribution in [2.45, 2.75) is 44.8 Å². The summed E-state index contributed by atoms with van der Waals surface area (Å²) in [4.78, 5) is 12.8. The van der Waals surface area contributed by atoms with Gasteiger partial charge in [0.15, 0.2) is 6.23 Å². The third-order valence-electron chi connectivity index (χ3n) is 5.88. The van der Waals surface area contributed by atoms with Gasteiger partial charge in [0.1, 0.15) is 47.8 Å². The van der Waals surface area contributed by atoms with Gasteiger partial charge in [0.2, 0.25) is 0 Å². The Bertz CT molecular complexity index is 1230. The van der Waals surface area contributed by atoms with Crippen LogP contribution in [0.1, 0.15) is 24.5 Å². The molecule has 0 radical (unpaired) electrons. The molecule has 4 aromatic heterocycles. The Morgan fingerprint density at radius 1 is 1.20 bits per heavy atom. The molecule has 1 saturated heterocycles. The zero-order valence-corrected chi connectivity index (χ0v) is 16.9. The molecule has 0 spiro atoms. The average molecular weight is 409 g/mol. The summed E-state index contributed by atoms with van der Waals surface area (Å²) in [6.07, 6.45) is 4.24. The van der Waals surface area contributed by atoms with Gasteiger partial charge in [-0.05, 0) is 32.9 Å². The molecule has 1 fully saturated rings. The first kappa shape index (κ1) is 19.0. The predicted octanol–water partition coefficient (Wildman–Crippen LogP) is 1.78. The van der Waals surface area contributed by atoms with Crippen molar-refractivity contribution in [3.05, 3.63) is 54.5 Å². The second kappa shape index (κ2) is 6.76. The van der Waals surface area contributed by atoms with Crippen molar-refractivity contribution >= 4 is 16.7 Å². The Kier molecular flexibility index (Phi) is 4.28. The van der Waals surface area contributed by atoms with Gasteiger partial charge in [-0.1, -0.05) is 0 Å². The van der Waals surface area contributed by atoms with E-state index < -0.39 is 24.0 Å². The van der Waals surface area contributed by atoms with Crippen LogP contribution < -0.4 is 4.74 Å². The van der Waals surface area contributed by atoms with Gasteiger partial charge in [-0.3, -0.25) is 0 Å². The number of aryl methyl sites for hydroxylation is 2. The second-order valence-corrected chi connectivity index (χ2v) is 7.91. The van der Waals surface area contributed by atoms with E-state index in [1.54, 1.807) is 23.9 Å². The molecule has 0 aliphatic carbocycles. The van der Waals surface area contributed by atoms with Gasteiger partial charge in [0.25, 0.3) is 0 Å². The van der Waals surface area contributed by atoms with Crippen molar-refractivity contribution in [3.63, 3.8) is 0 Å². The number of hydrogen-bond donors (Lipinski definition) is 2. The normalized spacial score (nSPS) is 26.6. The van der Waals surface area contributed by atoms with Crippen LogP contribution in [0.5, 0.6) is 5.75 Å². The van der Waals surface area contributed by atoms with Crippen LogP contribution in [0.25, 0.3) is 16.7 Å². The summed E-state index contributed by atoms with van der Waals surface area (Å²) in [5, 5.41) is 22.6. The highest BCUT2D eigenvalue weighted by Gasteiger charge is 2.53. The molecule has 4 atom stereocenters. The number of aliphatic hydroxyl groups is 2. The summed E-state index contributed by atoms with van der Waals surface area (Å²) < 4.78 is 15.6. The molecule has 9 nitrogen and oxygen atoms in total. The number of pyridine rings is 1. The molecule has 0 saturated carbocycles. The highest BCUT2D eigenvalue weighted by atomic mass is 16.6. The van der Waals surface area contributed by atoms with Crippen molar-refractivity contribution in [3.8, 4) is 5.75 Å². The number of aromatic nitrogens is 5. The van der Waals surface area contributed by atoms with E-state index in [9.17, 15) is 10.2 Å². The van der Waals surface area contributed by atoms with E-state index in [4.69, 9.17) is 9.47 Å². The summed E-state index contributed by atoms with van der Waals surface area (Å²) in [5.74, 6) is 0.611. The molecule has 5 heterocycles. The SMILES string of the molecule is Cc1ncnc2c1ccn2[C@@H]1O[C@H](COc2ccn3c(C)cnc3c2)[C@@](C)(O)[C@H]1O. The number of imidazole rings is 1. The smallest absolute Gasteiger partial charge is 0.164 e. The first-order valence-corrected chi connectivity index (χ1v) is 9.77. The lowest BCUT2D eigenvalue weighted by molar-refractivity contribution is -0.0765. The molecule has 0 aromatic carbocycles. The second-order valence-electron chi connectivity index (χ2n) is 7.91. The summed E-state index contributed by atoms with van der Waals surface area (Å²) in [6.45, 7) is 5.50. The number of fused-ring (bicyclic) bond motifs is 2. The number of rotatable bonds is 4. The molecule has 0 unspecified atom stereocenters. The molecule has 1 aliphatic rings. The van der Waals surface area contributed by atoms with Gasteiger partial charge >= 0.3 is 0 Å². The van der Waals surface area contributed by atoms with Gasteiger partial charge in [0, 0.05) is 35.7 Å². The van der Waals surface area contributed by atoms with Gasteiger partial charge < -0.3 is 28.7 Å². The van der Waals surface area contributed by atoms with E-state index in [1.807, 2.05) is 42.6 Å². The molecule has 2 N–H and O–H groups in total. The maximum absolute atomic E-state index is 11.0. The first-order chi connectivity index (χ1) is 14.4. The van der Waals surface area contributed by atoms with Gasteiger partial charge in [0.05, 0.1) is 5.69 Å². The van der Waals surface area contributed by atoms with Crippen molar-refractivity contribution in [2.75, 3.05) is 6.61 Å². The lowest BCUT2D eigenvalue weighted by atomic mass is 9.95. The lowest BCUT2D eigenvalue weighted by Gasteiger charge is -2.26. The molecule has 4 aromatic rings. The van der Waals surface area contributed by atoms with Gasteiger partial charge in [-0.2, -0.15) is 0 Å². The van der Waals surface area contributed by atoms with Crippen molar-refractivity contribution in [1.29, 1.82) is 0 Å². The van der Waals surface area contributed by atoms with E-state index in [0.717, 1.165) is 22.4 Å². The Morgan fingerprint density at radius 2 is 2.03 bits per heavy atom. The molecule has 9 heteroatoms. The minimum atomic E-state index is -1.50. The van der Waals surface area contributed by atoms with Crippen molar-refractivity contribution in [2.24, 2.45) is 0 Å². The fourth-order valence-corrected chi connectivity index (χ4v) is 3.94. The molecule has 5 rings (SSSR count). The summed E-state index contributed by atoms with van der Waals surface area (Å²) in [6, 6.07) is 5.53. The quantitative estimate of drug-likeness (QED) is 0.529. The Morgan fingerprint density at radius 3 is 2.87 bits per heavy atom. The van der Waals surface area contributed by atoms with Crippen LogP contribution in [0.3, 0.4) is 0 Å².